The van der Waals surface area contributed by atoms with E-state index in [9.17, 15) is 0 Å². The Morgan fingerprint density at radius 1 is 1.35 bits per heavy atom. The maximum atomic E-state index is 6.11. The highest BCUT2D eigenvalue weighted by atomic mass is 79.9. The van der Waals surface area contributed by atoms with Crippen molar-refractivity contribution >= 4 is 39.3 Å². The summed E-state index contributed by atoms with van der Waals surface area (Å²) in [6.07, 6.45) is 1.82. The number of rotatable bonds is 3. The number of hydrogen-bond acceptors (Lipinski definition) is 2. The van der Waals surface area contributed by atoms with Crippen molar-refractivity contribution in [2.45, 2.75) is 17.7 Å². The molecule has 0 aliphatic heterocycles. The van der Waals surface area contributed by atoms with Gasteiger partial charge in [0.2, 0.25) is 0 Å². The Balaban J connectivity index is 2.10. The Hall–Kier alpha value is -0.510. The van der Waals surface area contributed by atoms with Crippen LogP contribution in [0.15, 0.2) is 46.0 Å². The highest BCUT2D eigenvalue weighted by Crippen LogP contribution is 2.28. The monoisotopic (exact) mass is 327 g/mol. The predicted molar refractivity (Wildman–Crippen MR) is 77.7 cm³/mol. The Morgan fingerprint density at radius 2 is 2.12 bits per heavy atom. The second-order valence-corrected chi connectivity index (χ2v) is 5.94. The van der Waals surface area contributed by atoms with Gasteiger partial charge in [0.15, 0.2) is 0 Å². The molecule has 0 fully saturated rings. The van der Waals surface area contributed by atoms with Crippen LogP contribution in [-0.4, -0.2) is 4.98 Å². The van der Waals surface area contributed by atoms with Crippen LogP contribution in [-0.2, 0) is 5.75 Å². The third-order valence-electron chi connectivity index (χ3n) is 2.32. The lowest BCUT2D eigenvalue weighted by molar-refractivity contribution is 1.07. The molecule has 0 radical (unpaired) electrons. The lowest BCUT2D eigenvalue weighted by atomic mass is 10.2. The summed E-state index contributed by atoms with van der Waals surface area (Å²) in [7, 11) is 0. The van der Waals surface area contributed by atoms with E-state index in [0.29, 0.717) is 0 Å². The Bertz CT molecular complexity index is 531. The summed E-state index contributed by atoms with van der Waals surface area (Å²) in [5, 5.41) is 1.86. The molecule has 17 heavy (non-hydrogen) atoms. The van der Waals surface area contributed by atoms with E-state index >= 15 is 0 Å². The first kappa shape index (κ1) is 12.9. The molecule has 0 amide bonds. The molecule has 0 bridgehead atoms. The van der Waals surface area contributed by atoms with E-state index in [1.807, 2.05) is 30.5 Å². The molecule has 0 aliphatic carbocycles. The minimum absolute atomic E-state index is 0.815. The second kappa shape index (κ2) is 5.89. The molecule has 1 heterocycles. The van der Waals surface area contributed by atoms with Gasteiger partial charge in [-0.15, -0.1) is 11.8 Å². The van der Waals surface area contributed by atoms with Crippen molar-refractivity contribution in [3.8, 4) is 0 Å². The van der Waals surface area contributed by atoms with Gasteiger partial charge in [0.1, 0.15) is 0 Å². The molecule has 0 spiro atoms. The van der Waals surface area contributed by atoms with E-state index in [0.717, 1.165) is 25.8 Å². The molecule has 0 saturated heterocycles. The largest absolute Gasteiger partial charge is 0.248 e. The number of pyridine rings is 1. The van der Waals surface area contributed by atoms with Crippen molar-refractivity contribution in [1.29, 1.82) is 0 Å². The summed E-state index contributed by atoms with van der Waals surface area (Å²) in [5.41, 5.74) is 2.32. The smallest absolute Gasteiger partial charge is 0.0993 e. The Morgan fingerprint density at radius 3 is 2.82 bits per heavy atom. The SMILES string of the molecule is Cc1cc(Br)cnc1SCc1ccccc1Cl. The Labute approximate surface area is 119 Å². The van der Waals surface area contributed by atoms with Gasteiger partial charge >= 0.3 is 0 Å². The summed E-state index contributed by atoms with van der Waals surface area (Å²) < 4.78 is 1.01. The van der Waals surface area contributed by atoms with Gasteiger partial charge in [0, 0.05) is 21.4 Å². The molecular formula is C13H11BrClNS. The molecule has 1 aromatic carbocycles. The zero-order valence-electron chi connectivity index (χ0n) is 9.28. The normalized spacial score (nSPS) is 10.5. The fraction of sp³-hybridized carbons (Fsp3) is 0.154. The first-order valence-electron chi connectivity index (χ1n) is 5.15. The fourth-order valence-electron chi connectivity index (χ4n) is 1.44. The number of aryl methyl sites for hydroxylation is 1. The van der Waals surface area contributed by atoms with Crippen LogP contribution in [0.25, 0.3) is 0 Å². The summed E-state index contributed by atoms with van der Waals surface area (Å²) >= 11 is 11.2. The zero-order valence-corrected chi connectivity index (χ0v) is 12.4. The van der Waals surface area contributed by atoms with Gasteiger partial charge < -0.3 is 0 Å². The van der Waals surface area contributed by atoms with Gasteiger partial charge in [-0.3, -0.25) is 0 Å². The van der Waals surface area contributed by atoms with E-state index in [4.69, 9.17) is 11.6 Å². The molecule has 2 aromatic rings. The number of aromatic nitrogens is 1. The van der Waals surface area contributed by atoms with Gasteiger partial charge in [-0.2, -0.15) is 0 Å². The number of thioether (sulfide) groups is 1. The molecule has 0 N–H and O–H groups in total. The molecule has 0 aliphatic rings. The maximum absolute atomic E-state index is 6.11. The highest BCUT2D eigenvalue weighted by Gasteiger charge is 2.04. The first-order valence-corrected chi connectivity index (χ1v) is 7.31. The lowest BCUT2D eigenvalue weighted by Gasteiger charge is -2.06. The van der Waals surface area contributed by atoms with Gasteiger partial charge in [0.05, 0.1) is 5.03 Å². The van der Waals surface area contributed by atoms with E-state index in [1.54, 1.807) is 11.8 Å². The minimum Gasteiger partial charge on any atom is -0.248 e. The molecule has 2 rings (SSSR count). The predicted octanol–water partition coefficient (Wildman–Crippen LogP) is 5.10. The van der Waals surface area contributed by atoms with E-state index in [2.05, 4.69) is 33.9 Å². The third-order valence-corrected chi connectivity index (χ3v) is 4.28. The van der Waals surface area contributed by atoms with E-state index in [1.165, 1.54) is 5.56 Å². The number of hydrogen-bond donors (Lipinski definition) is 0. The molecule has 1 nitrogen and oxygen atoms in total. The topological polar surface area (TPSA) is 12.9 Å². The van der Waals surface area contributed by atoms with Crippen LogP contribution in [0.3, 0.4) is 0 Å². The highest BCUT2D eigenvalue weighted by molar-refractivity contribution is 9.10. The van der Waals surface area contributed by atoms with E-state index in [-0.39, 0.29) is 0 Å². The van der Waals surface area contributed by atoms with Crippen LogP contribution < -0.4 is 0 Å². The molecule has 0 saturated carbocycles. The third kappa shape index (κ3) is 3.47. The van der Waals surface area contributed by atoms with Crippen LogP contribution in [0.4, 0.5) is 0 Å². The molecule has 88 valence electrons. The van der Waals surface area contributed by atoms with Crippen LogP contribution in [0.2, 0.25) is 5.02 Å². The van der Waals surface area contributed by atoms with Crippen molar-refractivity contribution in [3.05, 3.63) is 57.2 Å². The average Bonchev–Trinajstić information content (AvgIpc) is 2.30. The van der Waals surface area contributed by atoms with Gasteiger partial charge in [-0.05, 0) is 46.1 Å². The van der Waals surface area contributed by atoms with E-state index < -0.39 is 0 Å². The lowest BCUT2D eigenvalue weighted by Crippen LogP contribution is -1.88. The van der Waals surface area contributed by atoms with Crippen LogP contribution in [0.5, 0.6) is 0 Å². The van der Waals surface area contributed by atoms with Crippen LogP contribution in [0, 0.1) is 6.92 Å². The molecule has 0 unspecified atom stereocenters. The Kier molecular flexibility index (Phi) is 4.48. The minimum atomic E-state index is 0.815. The van der Waals surface area contributed by atoms with Crippen molar-refractivity contribution < 1.29 is 0 Å². The standard InChI is InChI=1S/C13H11BrClNS/c1-9-6-11(14)7-16-13(9)17-8-10-4-2-3-5-12(10)15/h2-7H,8H2,1H3. The zero-order chi connectivity index (χ0) is 12.3. The fourth-order valence-corrected chi connectivity index (χ4v) is 3.13. The van der Waals surface area contributed by atoms with Gasteiger partial charge in [0.25, 0.3) is 0 Å². The maximum Gasteiger partial charge on any atom is 0.0993 e. The number of nitrogens with zero attached hydrogens (tertiary/aromatic N) is 1. The first-order chi connectivity index (χ1) is 8.16. The summed E-state index contributed by atoms with van der Waals surface area (Å²) in [6.45, 7) is 2.06. The number of benzene rings is 1. The van der Waals surface area contributed by atoms with Gasteiger partial charge in [-0.1, -0.05) is 29.8 Å². The van der Waals surface area contributed by atoms with Crippen molar-refractivity contribution in [2.24, 2.45) is 0 Å². The van der Waals surface area contributed by atoms with Crippen LogP contribution in [0.1, 0.15) is 11.1 Å². The number of halogens is 2. The van der Waals surface area contributed by atoms with Crippen molar-refractivity contribution in [2.75, 3.05) is 0 Å². The van der Waals surface area contributed by atoms with Crippen molar-refractivity contribution in [3.63, 3.8) is 0 Å². The average molecular weight is 329 g/mol. The van der Waals surface area contributed by atoms with Crippen LogP contribution >= 0.6 is 39.3 Å². The quantitative estimate of drug-likeness (QED) is 0.727. The summed E-state index contributed by atoms with van der Waals surface area (Å²) in [6, 6.07) is 9.98. The molecule has 4 heteroatoms. The summed E-state index contributed by atoms with van der Waals surface area (Å²) in [4.78, 5) is 4.40. The molecule has 0 atom stereocenters. The van der Waals surface area contributed by atoms with Gasteiger partial charge in [-0.25, -0.2) is 4.98 Å². The molecule has 1 aromatic heterocycles. The summed E-state index contributed by atoms with van der Waals surface area (Å²) in [5.74, 6) is 0.842. The molecular weight excluding hydrogens is 318 g/mol. The second-order valence-electron chi connectivity index (χ2n) is 3.66. The van der Waals surface area contributed by atoms with Crippen molar-refractivity contribution in [1.82, 2.24) is 4.98 Å².